The minimum absolute atomic E-state index is 0.149. The Kier molecular flexibility index (Phi) is 5.22. The van der Waals surface area contributed by atoms with Crippen LogP contribution in [0.5, 0.6) is 0 Å². The van der Waals surface area contributed by atoms with Crippen LogP contribution in [0.1, 0.15) is 50.2 Å². The zero-order chi connectivity index (χ0) is 14.5. The van der Waals surface area contributed by atoms with E-state index in [-0.39, 0.29) is 5.92 Å². The van der Waals surface area contributed by atoms with Crippen molar-refractivity contribution in [2.24, 2.45) is 17.8 Å². The van der Waals surface area contributed by atoms with E-state index in [9.17, 15) is 9.90 Å². The van der Waals surface area contributed by atoms with E-state index < -0.39 is 5.97 Å². The first-order chi connectivity index (χ1) is 9.60. The minimum Gasteiger partial charge on any atom is -0.481 e. The number of hydrogen-bond acceptors (Lipinski definition) is 1. The topological polar surface area (TPSA) is 37.3 Å². The summed E-state index contributed by atoms with van der Waals surface area (Å²) < 4.78 is 0. The molecule has 0 bridgehead atoms. The fraction of sp³-hybridized carbons (Fsp3) is 0.611. The zero-order valence-corrected chi connectivity index (χ0v) is 12.6. The lowest BCUT2D eigenvalue weighted by Gasteiger charge is -2.34. The average Bonchev–Trinajstić information content (AvgIpc) is 2.39. The van der Waals surface area contributed by atoms with Gasteiger partial charge in [0.1, 0.15) is 0 Å². The van der Waals surface area contributed by atoms with Crippen molar-refractivity contribution in [2.75, 3.05) is 0 Å². The van der Waals surface area contributed by atoms with E-state index in [1.165, 1.54) is 24.0 Å². The Balaban J connectivity index is 2.08. The molecule has 1 aromatic carbocycles. The van der Waals surface area contributed by atoms with Gasteiger partial charge < -0.3 is 5.11 Å². The van der Waals surface area contributed by atoms with Crippen LogP contribution in [0.4, 0.5) is 0 Å². The molecule has 0 saturated heterocycles. The molecule has 0 spiro atoms. The number of carboxylic acids is 1. The maximum atomic E-state index is 11.5. The van der Waals surface area contributed by atoms with E-state index in [2.05, 4.69) is 38.1 Å². The molecule has 1 aliphatic carbocycles. The smallest absolute Gasteiger partial charge is 0.306 e. The molecule has 20 heavy (non-hydrogen) atoms. The van der Waals surface area contributed by atoms with Gasteiger partial charge in [0.25, 0.3) is 0 Å². The van der Waals surface area contributed by atoms with Crippen molar-refractivity contribution in [2.45, 2.75) is 52.4 Å². The number of rotatable bonds is 5. The Morgan fingerprint density at radius 2 is 2.15 bits per heavy atom. The molecule has 1 saturated carbocycles. The molecule has 2 heteroatoms. The molecule has 1 aromatic rings. The highest BCUT2D eigenvalue weighted by Crippen LogP contribution is 2.38. The van der Waals surface area contributed by atoms with Gasteiger partial charge in [0.2, 0.25) is 0 Å². The van der Waals surface area contributed by atoms with Gasteiger partial charge in [-0.3, -0.25) is 4.79 Å². The van der Waals surface area contributed by atoms with Crippen molar-refractivity contribution in [3.63, 3.8) is 0 Å². The number of benzene rings is 1. The van der Waals surface area contributed by atoms with Gasteiger partial charge in [0, 0.05) is 0 Å². The molecule has 0 heterocycles. The van der Waals surface area contributed by atoms with Crippen molar-refractivity contribution in [1.82, 2.24) is 0 Å². The maximum absolute atomic E-state index is 11.5. The summed E-state index contributed by atoms with van der Waals surface area (Å²) in [6.07, 6.45) is 6.40. The lowest BCUT2D eigenvalue weighted by molar-refractivity contribution is -0.145. The number of aliphatic carboxylic acids is 1. The van der Waals surface area contributed by atoms with Crippen LogP contribution >= 0.6 is 0 Å². The number of carbonyl (C=O) groups is 1. The van der Waals surface area contributed by atoms with Crippen molar-refractivity contribution < 1.29 is 9.90 Å². The first-order valence-corrected chi connectivity index (χ1v) is 7.88. The van der Waals surface area contributed by atoms with Crippen LogP contribution in [0.2, 0.25) is 0 Å². The van der Waals surface area contributed by atoms with Gasteiger partial charge in [0.15, 0.2) is 0 Å². The van der Waals surface area contributed by atoms with E-state index in [4.69, 9.17) is 0 Å². The predicted octanol–water partition coefficient (Wildman–Crippen LogP) is 4.45. The van der Waals surface area contributed by atoms with Gasteiger partial charge in [-0.1, -0.05) is 49.6 Å². The third kappa shape index (κ3) is 3.84. The van der Waals surface area contributed by atoms with Crippen LogP contribution in [0, 0.1) is 24.7 Å². The number of hydrogen-bond donors (Lipinski definition) is 1. The van der Waals surface area contributed by atoms with E-state index in [0.29, 0.717) is 5.92 Å². The molecule has 1 fully saturated rings. The third-order valence-electron chi connectivity index (χ3n) is 4.69. The SMILES string of the molecule is CCCC1CCC(C(=O)O)C(Cc2cccc(C)c2)C1. The fourth-order valence-corrected chi connectivity index (χ4v) is 3.72. The molecule has 3 atom stereocenters. The quantitative estimate of drug-likeness (QED) is 0.861. The Bertz CT molecular complexity index is 452. The van der Waals surface area contributed by atoms with E-state index >= 15 is 0 Å². The Labute approximate surface area is 122 Å². The normalized spacial score (nSPS) is 26.4. The van der Waals surface area contributed by atoms with Crippen LogP contribution in [0.3, 0.4) is 0 Å². The van der Waals surface area contributed by atoms with Crippen LogP contribution in [0.25, 0.3) is 0 Å². The van der Waals surface area contributed by atoms with Crippen LogP contribution in [-0.4, -0.2) is 11.1 Å². The molecule has 2 rings (SSSR count). The van der Waals surface area contributed by atoms with E-state index in [0.717, 1.165) is 31.6 Å². The summed E-state index contributed by atoms with van der Waals surface area (Å²) in [5.41, 5.74) is 2.55. The molecule has 2 nitrogen and oxygen atoms in total. The fourth-order valence-electron chi connectivity index (χ4n) is 3.72. The van der Waals surface area contributed by atoms with Gasteiger partial charge >= 0.3 is 5.97 Å². The molecular weight excluding hydrogens is 248 g/mol. The van der Waals surface area contributed by atoms with Crippen molar-refractivity contribution in [3.05, 3.63) is 35.4 Å². The lowest BCUT2D eigenvalue weighted by Crippen LogP contribution is -2.32. The second-order valence-electron chi connectivity index (χ2n) is 6.37. The molecule has 1 N–H and O–H groups in total. The Morgan fingerprint density at radius 1 is 1.35 bits per heavy atom. The summed E-state index contributed by atoms with van der Waals surface area (Å²) in [5.74, 6) is 0.284. The van der Waals surface area contributed by atoms with Crippen molar-refractivity contribution in [3.8, 4) is 0 Å². The predicted molar refractivity (Wildman–Crippen MR) is 81.7 cm³/mol. The zero-order valence-electron chi connectivity index (χ0n) is 12.6. The van der Waals surface area contributed by atoms with Gasteiger partial charge in [-0.15, -0.1) is 0 Å². The average molecular weight is 274 g/mol. The summed E-state index contributed by atoms with van der Waals surface area (Å²) in [6, 6.07) is 8.50. The molecule has 110 valence electrons. The van der Waals surface area contributed by atoms with Gasteiger partial charge in [0.05, 0.1) is 5.92 Å². The number of carboxylic acid groups (broad SMARTS) is 1. The third-order valence-corrected chi connectivity index (χ3v) is 4.69. The maximum Gasteiger partial charge on any atom is 0.306 e. The van der Waals surface area contributed by atoms with Crippen molar-refractivity contribution in [1.29, 1.82) is 0 Å². The van der Waals surface area contributed by atoms with Gasteiger partial charge in [-0.25, -0.2) is 0 Å². The second kappa shape index (κ2) is 6.92. The van der Waals surface area contributed by atoms with Crippen LogP contribution < -0.4 is 0 Å². The highest BCUT2D eigenvalue weighted by Gasteiger charge is 2.34. The minimum atomic E-state index is -0.599. The molecular formula is C18H26O2. The summed E-state index contributed by atoms with van der Waals surface area (Å²) in [7, 11) is 0. The van der Waals surface area contributed by atoms with Gasteiger partial charge in [-0.05, 0) is 50.0 Å². The lowest BCUT2D eigenvalue weighted by atomic mass is 9.70. The van der Waals surface area contributed by atoms with Crippen LogP contribution in [-0.2, 0) is 11.2 Å². The Hall–Kier alpha value is -1.31. The summed E-state index contributed by atoms with van der Waals surface area (Å²) >= 11 is 0. The molecule has 0 amide bonds. The molecule has 0 radical (unpaired) electrons. The summed E-state index contributed by atoms with van der Waals surface area (Å²) in [5, 5.41) is 9.46. The van der Waals surface area contributed by atoms with E-state index in [1.54, 1.807) is 0 Å². The summed E-state index contributed by atoms with van der Waals surface area (Å²) in [4.78, 5) is 11.5. The highest BCUT2D eigenvalue weighted by molar-refractivity contribution is 5.70. The monoisotopic (exact) mass is 274 g/mol. The van der Waals surface area contributed by atoms with E-state index in [1.807, 2.05) is 0 Å². The molecule has 0 aromatic heterocycles. The second-order valence-corrected chi connectivity index (χ2v) is 6.37. The highest BCUT2D eigenvalue weighted by atomic mass is 16.4. The molecule has 1 aliphatic rings. The van der Waals surface area contributed by atoms with Crippen molar-refractivity contribution >= 4 is 5.97 Å². The molecule has 3 unspecified atom stereocenters. The standard InChI is InChI=1S/C18H26O2/c1-3-5-14-8-9-17(18(19)20)16(11-14)12-15-7-4-6-13(2)10-15/h4,6-7,10,14,16-17H,3,5,8-9,11-12H2,1-2H3,(H,19,20). The first-order valence-electron chi connectivity index (χ1n) is 7.88. The molecule has 0 aliphatic heterocycles. The largest absolute Gasteiger partial charge is 0.481 e. The Morgan fingerprint density at radius 3 is 2.80 bits per heavy atom. The first kappa shape index (κ1) is 15.1. The van der Waals surface area contributed by atoms with Gasteiger partial charge in [-0.2, -0.15) is 0 Å². The summed E-state index contributed by atoms with van der Waals surface area (Å²) in [6.45, 7) is 4.32. The van der Waals surface area contributed by atoms with Crippen LogP contribution in [0.15, 0.2) is 24.3 Å². The number of aryl methyl sites for hydroxylation is 1.